The highest BCUT2D eigenvalue weighted by Gasteiger charge is 2.58. The smallest absolute Gasteiger partial charge is 0.127 e. The molecule has 0 radical (unpaired) electrons. The van der Waals surface area contributed by atoms with Gasteiger partial charge in [0.15, 0.2) is 0 Å². The largest absolute Gasteiger partial charge is 0.260 e. The van der Waals surface area contributed by atoms with Gasteiger partial charge in [-0.3, -0.25) is 4.98 Å². The summed E-state index contributed by atoms with van der Waals surface area (Å²) in [5.74, 6) is -0.613. The van der Waals surface area contributed by atoms with Crippen LogP contribution >= 0.6 is 23.4 Å². The molecule has 3 aromatic carbocycles. The Morgan fingerprint density at radius 3 is 2.12 bits per heavy atom. The molecule has 0 amide bonds. The molecule has 1 aliphatic carbocycles. The molecule has 34 heavy (non-hydrogen) atoms. The number of nitrogens with zero attached hydrogens (tertiary/aromatic N) is 1. The highest BCUT2D eigenvalue weighted by molar-refractivity contribution is 8.00. The van der Waals surface area contributed by atoms with Gasteiger partial charge in [0.05, 0.1) is 11.1 Å². The molecule has 4 aromatic rings. The fourth-order valence-electron chi connectivity index (χ4n) is 5.46. The maximum atomic E-state index is 15.8. The Kier molecular flexibility index (Phi) is 6.46. The van der Waals surface area contributed by atoms with E-state index in [9.17, 15) is 4.39 Å². The summed E-state index contributed by atoms with van der Waals surface area (Å²) in [6, 6.07) is 27.0. The summed E-state index contributed by atoms with van der Waals surface area (Å²) in [7, 11) is 0. The van der Waals surface area contributed by atoms with Crippen molar-refractivity contribution in [2.24, 2.45) is 0 Å². The van der Waals surface area contributed by atoms with E-state index in [2.05, 4.69) is 0 Å². The number of rotatable bonds is 6. The third kappa shape index (κ3) is 3.93. The molecule has 1 nitrogen and oxygen atoms in total. The molecule has 0 aliphatic heterocycles. The molecule has 172 valence electrons. The molecule has 0 saturated heterocycles. The Hall–Kier alpha value is -2.69. The van der Waals surface area contributed by atoms with Crippen LogP contribution in [0.5, 0.6) is 0 Å². The van der Waals surface area contributed by atoms with Crippen molar-refractivity contribution in [1.82, 2.24) is 4.98 Å². The van der Waals surface area contributed by atoms with E-state index in [1.165, 1.54) is 18.2 Å². The first-order valence-corrected chi connectivity index (χ1v) is 12.6. The van der Waals surface area contributed by atoms with Gasteiger partial charge >= 0.3 is 0 Å². The van der Waals surface area contributed by atoms with Gasteiger partial charge in [-0.1, -0.05) is 60.8 Å². The Balaban J connectivity index is 1.86. The summed E-state index contributed by atoms with van der Waals surface area (Å²) in [6.07, 6.45) is 5.52. The average molecular weight is 492 g/mol. The van der Waals surface area contributed by atoms with Gasteiger partial charge < -0.3 is 0 Å². The van der Waals surface area contributed by atoms with Gasteiger partial charge in [-0.25, -0.2) is 8.78 Å². The van der Waals surface area contributed by atoms with E-state index in [-0.39, 0.29) is 11.6 Å². The number of halogens is 3. The summed E-state index contributed by atoms with van der Waals surface area (Å²) in [5.41, 5.74) is 1.22. The molecule has 1 aromatic heterocycles. The van der Waals surface area contributed by atoms with E-state index in [0.717, 1.165) is 41.8 Å². The fourth-order valence-corrected chi connectivity index (χ4v) is 7.29. The number of pyridine rings is 1. The molecule has 1 saturated carbocycles. The predicted molar refractivity (Wildman–Crippen MR) is 135 cm³/mol. The van der Waals surface area contributed by atoms with Gasteiger partial charge in [-0.2, -0.15) is 0 Å². The van der Waals surface area contributed by atoms with Gasteiger partial charge in [0.2, 0.25) is 0 Å². The van der Waals surface area contributed by atoms with Crippen LogP contribution in [0.1, 0.15) is 42.5 Å². The average Bonchev–Trinajstić information content (AvgIpc) is 3.33. The summed E-state index contributed by atoms with van der Waals surface area (Å²) >= 11 is 7.92. The van der Waals surface area contributed by atoms with Crippen LogP contribution < -0.4 is 0 Å². The second-order valence-electron chi connectivity index (χ2n) is 8.71. The Morgan fingerprint density at radius 2 is 1.47 bits per heavy atom. The van der Waals surface area contributed by atoms with Crippen molar-refractivity contribution in [2.75, 3.05) is 0 Å². The standard InChI is InChI=1S/C29H24ClF2NS/c30-22-12-16-24(17-13-22)34-28(18-4-5-19-28)29(27-9-3-6-20-33-27,21-10-14-23(31)15-11-21)25-7-1-2-8-26(25)32/h1-3,6-17,20H,4-5,18-19H2. The third-order valence-corrected chi connectivity index (χ3v) is 8.69. The number of aromatic nitrogens is 1. The highest BCUT2D eigenvalue weighted by atomic mass is 35.5. The van der Waals surface area contributed by atoms with Crippen LogP contribution in [0.4, 0.5) is 8.78 Å². The third-order valence-electron chi connectivity index (χ3n) is 6.83. The summed E-state index contributed by atoms with van der Waals surface area (Å²) in [5, 5.41) is 0.674. The Morgan fingerprint density at radius 1 is 0.794 bits per heavy atom. The van der Waals surface area contributed by atoms with E-state index in [4.69, 9.17) is 16.6 Å². The summed E-state index contributed by atoms with van der Waals surface area (Å²) in [6.45, 7) is 0. The van der Waals surface area contributed by atoms with Crippen LogP contribution in [0.2, 0.25) is 5.02 Å². The molecular formula is C29H24ClF2NS. The molecule has 0 N–H and O–H groups in total. The van der Waals surface area contributed by atoms with Crippen molar-refractivity contribution < 1.29 is 8.78 Å². The van der Waals surface area contributed by atoms with Crippen LogP contribution in [0.15, 0.2) is 102 Å². The summed E-state index contributed by atoms with van der Waals surface area (Å²) in [4.78, 5) is 5.88. The number of benzene rings is 3. The van der Waals surface area contributed by atoms with Crippen molar-refractivity contribution in [3.05, 3.63) is 131 Å². The molecule has 1 atom stereocenters. The molecular weight excluding hydrogens is 468 g/mol. The lowest BCUT2D eigenvalue weighted by Crippen LogP contribution is -2.50. The van der Waals surface area contributed by atoms with E-state index in [1.807, 2.05) is 54.6 Å². The zero-order valence-corrected chi connectivity index (χ0v) is 20.1. The van der Waals surface area contributed by atoms with Gasteiger partial charge in [-0.15, -0.1) is 11.8 Å². The van der Waals surface area contributed by atoms with Crippen LogP contribution in [0, 0.1) is 11.6 Å². The zero-order valence-electron chi connectivity index (χ0n) is 18.6. The molecule has 0 spiro atoms. The number of hydrogen-bond acceptors (Lipinski definition) is 2. The molecule has 1 aliphatic rings. The molecule has 0 bridgehead atoms. The maximum absolute atomic E-state index is 15.8. The van der Waals surface area contributed by atoms with Gasteiger partial charge in [-0.05, 0) is 73.0 Å². The Bertz CT molecular complexity index is 1260. The first-order valence-electron chi connectivity index (χ1n) is 11.4. The highest BCUT2D eigenvalue weighted by Crippen LogP contribution is 2.61. The minimum absolute atomic E-state index is 0.291. The van der Waals surface area contributed by atoms with Gasteiger partial charge in [0.1, 0.15) is 11.6 Å². The van der Waals surface area contributed by atoms with Crippen LogP contribution in [0.3, 0.4) is 0 Å². The van der Waals surface area contributed by atoms with Crippen molar-refractivity contribution in [1.29, 1.82) is 0 Å². The quantitative estimate of drug-likeness (QED) is 0.268. The normalized spacial score (nSPS) is 16.8. The monoisotopic (exact) mass is 491 g/mol. The topological polar surface area (TPSA) is 12.9 Å². The minimum Gasteiger partial charge on any atom is -0.260 e. The number of hydrogen-bond donors (Lipinski definition) is 0. The lowest BCUT2D eigenvalue weighted by molar-refractivity contribution is 0.401. The number of thioether (sulfide) groups is 1. The first-order chi connectivity index (χ1) is 16.5. The van der Waals surface area contributed by atoms with Crippen molar-refractivity contribution in [3.63, 3.8) is 0 Å². The van der Waals surface area contributed by atoms with Crippen LogP contribution in [-0.2, 0) is 5.41 Å². The van der Waals surface area contributed by atoms with E-state index < -0.39 is 10.2 Å². The SMILES string of the molecule is Fc1ccc(C(c2ccccn2)(c2ccccc2F)C2(Sc3ccc(Cl)cc3)CCCC2)cc1. The van der Waals surface area contributed by atoms with E-state index in [0.29, 0.717) is 10.6 Å². The molecule has 5 rings (SSSR count). The molecule has 1 unspecified atom stereocenters. The Labute approximate surface area is 208 Å². The van der Waals surface area contributed by atoms with Gasteiger partial charge in [0, 0.05) is 26.4 Å². The van der Waals surface area contributed by atoms with Gasteiger partial charge in [0.25, 0.3) is 0 Å². The summed E-state index contributed by atoms with van der Waals surface area (Å²) < 4.78 is 29.5. The molecule has 1 fully saturated rings. The van der Waals surface area contributed by atoms with Crippen LogP contribution in [0.25, 0.3) is 0 Å². The first kappa shape index (κ1) is 23.1. The molecule has 1 heterocycles. The lowest BCUT2D eigenvalue weighted by atomic mass is 9.62. The predicted octanol–water partition coefficient (Wildman–Crippen LogP) is 8.45. The lowest BCUT2D eigenvalue weighted by Gasteiger charge is -2.49. The second kappa shape index (κ2) is 9.52. The second-order valence-corrected chi connectivity index (χ2v) is 10.6. The maximum Gasteiger partial charge on any atom is 0.127 e. The van der Waals surface area contributed by atoms with Crippen molar-refractivity contribution in [2.45, 2.75) is 40.7 Å². The molecule has 5 heteroatoms. The van der Waals surface area contributed by atoms with Crippen molar-refractivity contribution >= 4 is 23.4 Å². The zero-order chi connectivity index (χ0) is 23.6. The minimum atomic E-state index is -0.936. The fraction of sp³-hybridized carbons (Fsp3) is 0.207. The van der Waals surface area contributed by atoms with Crippen LogP contribution in [-0.4, -0.2) is 9.73 Å². The van der Waals surface area contributed by atoms with Crippen molar-refractivity contribution in [3.8, 4) is 0 Å². The van der Waals surface area contributed by atoms with E-state index in [1.54, 1.807) is 36.2 Å². The van der Waals surface area contributed by atoms with E-state index >= 15 is 4.39 Å².